The number of rotatable bonds is 1. The average Bonchev–Trinajstić information content (AvgIpc) is 2.84. The minimum Gasteiger partial charge on any atom is -0.356 e. The Hall–Kier alpha value is -1.47. The number of piperazine rings is 1. The summed E-state index contributed by atoms with van der Waals surface area (Å²) < 4.78 is 0. The molecule has 0 aliphatic carbocycles. The smallest absolute Gasteiger partial charge is 0.273 e. The van der Waals surface area contributed by atoms with Gasteiger partial charge in [-0.05, 0) is 26.8 Å². The van der Waals surface area contributed by atoms with E-state index in [1.165, 1.54) is 11.3 Å². The van der Waals surface area contributed by atoms with Crippen LogP contribution in [0, 0.1) is 6.92 Å². The summed E-state index contributed by atoms with van der Waals surface area (Å²) in [5.41, 5.74) is 2.20. The Morgan fingerprint density at radius 2 is 2.23 bits per heavy atom. The number of thiazole rings is 1. The molecule has 120 valence electrons. The first-order valence-electron chi connectivity index (χ1n) is 7.69. The summed E-state index contributed by atoms with van der Waals surface area (Å²) in [5.74, 6) is 0.138. The molecular formula is C15H22N4O2S. The lowest BCUT2D eigenvalue weighted by Gasteiger charge is -2.49. The van der Waals surface area contributed by atoms with Crippen molar-refractivity contribution >= 4 is 23.2 Å². The molecule has 0 aromatic carbocycles. The number of carbonyl (C=O) groups excluding carboxylic acids is 2. The Kier molecular flexibility index (Phi) is 4.18. The van der Waals surface area contributed by atoms with Crippen LogP contribution in [0.1, 0.15) is 34.6 Å². The Balaban J connectivity index is 1.80. The molecular weight excluding hydrogens is 300 g/mol. The third-order valence-corrected chi connectivity index (χ3v) is 5.72. The van der Waals surface area contributed by atoms with Crippen LogP contribution in [0.15, 0.2) is 5.51 Å². The van der Waals surface area contributed by atoms with Gasteiger partial charge in [-0.25, -0.2) is 4.98 Å². The highest BCUT2D eigenvalue weighted by Gasteiger charge is 2.42. The third-order valence-electron chi connectivity index (χ3n) is 4.96. The van der Waals surface area contributed by atoms with Gasteiger partial charge in [-0.1, -0.05) is 0 Å². The average molecular weight is 322 g/mol. The van der Waals surface area contributed by atoms with Gasteiger partial charge in [0.25, 0.3) is 5.91 Å². The van der Waals surface area contributed by atoms with E-state index in [2.05, 4.69) is 22.2 Å². The summed E-state index contributed by atoms with van der Waals surface area (Å²) >= 11 is 1.50. The predicted octanol–water partition coefficient (Wildman–Crippen LogP) is 0.878. The van der Waals surface area contributed by atoms with E-state index in [1.807, 2.05) is 11.8 Å². The van der Waals surface area contributed by atoms with Gasteiger partial charge in [0.15, 0.2) is 0 Å². The van der Waals surface area contributed by atoms with Gasteiger partial charge >= 0.3 is 0 Å². The quantitative estimate of drug-likeness (QED) is 0.833. The van der Waals surface area contributed by atoms with Crippen LogP contribution in [0.5, 0.6) is 0 Å². The fourth-order valence-corrected chi connectivity index (χ4v) is 4.00. The summed E-state index contributed by atoms with van der Waals surface area (Å²) in [6.07, 6.45) is 2.21. The van der Waals surface area contributed by atoms with Crippen LogP contribution in [0.2, 0.25) is 0 Å². The van der Waals surface area contributed by atoms with Crippen molar-refractivity contribution in [1.82, 2.24) is 20.1 Å². The normalized spacial score (nSPS) is 26.8. The SMILES string of the molecule is Cc1scnc1C(=O)N1CCN(C)[C@]2(CCNC(=O)CC2)C1. The fraction of sp³-hybridized carbons (Fsp3) is 0.667. The van der Waals surface area contributed by atoms with Crippen molar-refractivity contribution < 1.29 is 9.59 Å². The Bertz CT molecular complexity index is 588. The lowest BCUT2D eigenvalue weighted by atomic mass is 9.86. The zero-order chi connectivity index (χ0) is 15.7. The van der Waals surface area contributed by atoms with Gasteiger partial charge in [0.2, 0.25) is 5.91 Å². The Morgan fingerprint density at radius 1 is 1.41 bits per heavy atom. The first kappa shape index (κ1) is 15.4. The monoisotopic (exact) mass is 322 g/mol. The molecule has 2 aliphatic rings. The molecule has 0 unspecified atom stereocenters. The molecule has 2 fully saturated rings. The van der Waals surface area contributed by atoms with Crippen molar-refractivity contribution in [2.75, 3.05) is 33.2 Å². The van der Waals surface area contributed by atoms with E-state index < -0.39 is 0 Å². The van der Waals surface area contributed by atoms with Gasteiger partial charge in [-0.15, -0.1) is 11.3 Å². The van der Waals surface area contributed by atoms with Crippen LogP contribution in [-0.4, -0.2) is 65.4 Å². The van der Waals surface area contributed by atoms with Gasteiger partial charge in [0, 0.05) is 43.0 Å². The third kappa shape index (κ3) is 2.75. The summed E-state index contributed by atoms with van der Waals surface area (Å²) in [6, 6.07) is 0. The van der Waals surface area contributed by atoms with Gasteiger partial charge in [-0.3, -0.25) is 14.5 Å². The maximum absolute atomic E-state index is 12.7. The van der Waals surface area contributed by atoms with Gasteiger partial charge < -0.3 is 10.2 Å². The van der Waals surface area contributed by atoms with Crippen LogP contribution in [0.25, 0.3) is 0 Å². The summed E-state index contributed by atoms with van der Waals surface area (Å²) in [6.45, 7) is 4.85. The second-order valence-corrected chi connectivity index (χ2v) is 7.29. The molecule has 2 aliphatic heterocycles. The maximum Gasteiger partial charge on any atom is 0.273 e. The number of nitrogens with one attached hydrogen (secondary N) is 1. The van der Waals surface area contributed by atoms with Gasteiger partial charge in [0.1, 0.15) is 5.69 Å². The highest BCUT2D eigenvalue weighted by molar-refractivity contribution is 7.09. The number of aromatic nitrogens is 1. The number of amides is 2. The molecule has 1 atom stereocenters. The number of hydrogen-bond acceptors (Lipinski definition) is 5. The topological polar surface area (TPSA) is 65.5 Å². The summed E-state index contributed by atoms with van der Waals surface area (Å²) in [7, 11) is 2.10. The lowest BCUT2D eigenvalue weighted by molar-refractivity contribution is -0.121. The van der Waals surface area contributed by atoms with E-state index >= 15 is 0 Å². The molecule has 1 N–H and O–H groups in total. The molecule has 6 nitrogen and oxygen atoms in total. The van der Waals surface area contributed by atoms with E-state index in [-0.39, 0.29) is 17.4 Å². The van der Waals surface area contributed by atoms with Crippen molar-refractivity contribution in [3.63, 3.8) is 0 Å². The largest absolute Gasteiger partial charge is 0.356 e. The zero-order valence-electron chi connectivity index (χ0n) is 13.1. The highest BCUT2D eigenvalue weighted by Crippen LogP contribution is 2.31. The lowest BCUT2D eigenvalue weighted by Crippen LogP contribution is -2.62. The number of nitrogens with zero attached hydrogens (tertiary/aromatic N) is 3. The standard InChI is InChI=1S/C15H22N4O2S/c1-11-13(17-10-22-11)14(21)19-8-7-18(2)15(9-19)4-3-12(20)16-6-5-15/h10H,3-9H2,1-2H3,(H,16,20)/t15-/m1/s1. The van der Waals surface area contributed by atoms with Crippen molar-refractivity contribution in [2.24, 2.45) is 0 Å². The molecule has 0 radical (unpaired) electrons. The van der Waals surface area contributed by atoms with Crippen molar-refractivity contribution in [2.45, 2.75) is 31.7 Å². The molecule has 2 saturated heterocycles. The fourth-order valence-electron chi connectivity index (χ4n) is 3.43. The van der Waals surface area contributed by atoms with Crippen molar-refractivity contribution in [3.05, 3.63) is 16.1 Å². The number of likely N-dealkylation sites (N-methyl/N-ethyl adjacent to an activating group) is 1. The van der Waals surface area contributed by atoms with Crippen LogP contribution >= 0.6 is 11.3 Å². The van der Waals surface area contributed by atoms with Crippen LogP contribution in [0.3, 0.4) is 0 Å². The minimum absolute atomic E-state index is 0.0229. The molecule has 1 spiro atoms. The second-order valence-electron chi connectivity index (χ2n) is 6.23. The van der Waals surface area contributed by atoms with Gasteiger partial charge in [-0.2, -0.15) is 0 Å². The highest BCUT2D eigenvalue weighted by atomic mass is 32.1. The molecule has 2 amide bonds. The minimum atomic E-state index is -0.100. The van der Waals surface area contributed by atoms with E-state index in [0.29, 0.717) is 25.2 Å². The van der Waals surface area contributed by atoms with Gasteiger partial charge in [0.05, 0.1) is 5.51 Å². The molecule has 3 heterocycles. The molecule has 0 bridgehead atoms. The van der Waals surface area contributed by atoms with E-state index in [4.69, 9.17) is 0 Å². The maximum atomic E-state index is 12.7. The molecule has 1 aromatic rings. The van der Waals surface area contributed by atoms with Crippen molar-refractivity contribution in [3.8, 4) is 0 Å². The Labute approximate surface area is 134 Å². The van der Waals surface area contributed by atoms with E-state index in [0.717, 1.165) is 30.8 Å². The Morgan fingerprint density at radius 3 is 2.95 bits per heavy atom. The summed E-state index contributed by atoms with van der Waals surface area (Å²) in [4.78, 5) is 33.8. The number of carbonyl (C=O) groups is 2. The number of hydrogen-bond donors (Lipinski definition) is 1. The van der Waals surface area contributed by atoms with Crippen LogP contribution in [-0.2, 0) is 4.79 Å². The number of aryl methyl sites for hydroxylation is 1. The molecule has 1 aromatic heterocycles. The first-order chi connectivity index (χ1) is 10.5. The van der Waals surface area contributed by atoms with Crippen molar-refractivity contribution in [1.29, 1.82) is 0 Å². The summed E-state index contributed by atoms with van der Waals surface area (Å²) in [5, 5.41) is 2.94. The van der Waals surface area contributed by atoms with E-state index in [9.17, 15) is 9.59 Å². The van der Waals surface area contributed by atoms with Crippen LogP contribution < -0.4 is 5.32 Å². The van der Waals surface area contributed by atoms with Crippen LogP contribution in [0.4, 0.5) is 0 Å². The zero-order valence-corrected chi connectivity index (χ0v) is 13.9. The van der Waals surface area contributed by atoms with E-state index in [1.54, 1.807) is 5.51 Å². The molecule has 0 saturated carbocycles. The first-order valence-corrected chi connectivity index (χ1v) is 8.57. The predicted molar refractivity (Wildman–Crippen MR) is 85.0 cm³/mol. The molecule has 7 heteroatoms. The second kappa shape index (κ2) is 5.96. The molecule has 22 heavy (non-hydrogen) atoms. The molecule has 3 rings (SSSR count).